The molecule has 1 aliphatic heterocycles. The van der Waals surface area contributed by atoms with Gasteiger partial charge in [0.05, 0.1) is 5.41 Å². The Balaban J connectivity index is 1.35. The maximum Gasteiger partial charge on any atom is 0.253 e. The average Bonchev–Trinajstić information content (AvgIpc) is 3.55. The predicted octanol–water partition coefficient (Wildman–Crippen LogP) is 3.18. The van der Waals surface area contributed by atoms with Crippen LogP contribution in [0.3, 0.4) is 0 Å². The van der Waals surface area contributed by atoms with Gasteiger partial charge in [0.15, 0.2) is 0 Å². The van der Waals surface area contributed by atoms with Crippen LogP contribution in [0.1, 0.15) is 34.3 Å². The van der Waals surface area contributed by atoms with Crippen molar-refractivity contribution in [3.8, 4) is 0 Å². The molecular weight excluding hydrogens is 430 g/mol. The first-order valence-corrected chi connectivity index (χ1v) is 10.9. The lowest BCUT2D eigenvalue weighted by molar-refractivity contribution is -0.123. The number of halogens is 1. The van der Waals surface area contributed by atoms with Crippen molar-refractivity contribution in [1.29, 1.82) is 0 Å². The van der Waals surface area contributed by atoms with E-state index < -0.39 is 0 Å². The second-order valence-corrected chi connectivity index (χ2v) is 8.98. The summed E-state index contributed by atoms with van der Waals surface area (Å²) >= 11 is 3.49. The Morgan fingerprint density at radius 2 is 1.72 bits per heavy atom. The van der Waals surface area contributed by atoms with Gasteiger partial charge in [0.1, 0.15) is 0 Å². The molecule has 0 bridgehead atoms. The van der Waals surface area contributed by atoms with E-state index in [2.05, 4.69) is 33.2 Å². The number of nitrogens with one attached hydrogen (secondary N) is 1. The van der Waals surface area contributed by atoms with Gasteiger partial charge in [0.25, 0.3) is 5.91 Å². The molecule has 4 rings (SSSR count). The third-order valence-corrected chi connectivity index (χ3v) is 6.50. The van der Waals surface area contributed by atoms with Crippen LogP contribution in [0.4, 0.5) is 0 Å². The summed E-state index contributed by atoms with van der Waals surface area (Å²) in [6.45, 7) is 3.83. The SMILES string of the molecule is CN1CCN(C(=O)c2ccc(CNC(=O)C3(c4cccc(Br)c4)CC3)cc2)CC1. The predicted molar refractivity (Wildman–Crippen MR) is 117 cm³/mol. The Kier molecular flexibility index (Phi) is 5.74. The molecule has 2 aromatic rings. The number of benzene rings is 2. The van der Waals surface area contributed by atoms with Crippen LogP contribution >= 0.6 is 15.9 Å². The highest BCUT2D eigenvalue weighted by Crippen LogP contribution is 2.48. The van der Waals surface area contributed by atoms with Crippen LogP contribution in [0.2, 0.25) is 0 Å². The van der Waals surface area contributed by atoms with Crippen LogP contribution < -0.4 is 5.32 Å². The van der Waals surface area contributed by atoms with E-state index in [0.29, 0.717) is 12.1 Å². The molecule has 1 aliphatic carbocycles. The number of rotatable bonds is 5. The van der Waals surface area contributed by atoms with Gasteiger partial charge in [-0.1, -0.05) is 40.2 Å². The number of amides is 2. The zero-order valence-corrected chi connectivity index (χ0v) is 18.2. The van der Waals surface area contributed by atoms with E-state index in [-0.39, 0.29) is 17.2 Å². The minimum atomic E-state index is -0.388. The first-order valence-electron chi connectivity index (χ1n) is 10.1. The Bertz CT molecular complexity index is 901. The lowest BCUT2D eigenvalue weighted by Gasteiger charge is -2.32. The molecule has 152 valence electrons. The normalized spacial score (nSPS) is 18.3. The summed E-state index contributed by atoms with van der Waals surface area (Å²) < 4.78 is 0.995. The second kappa shape index (κ2) is 8.28. The first-order chi connectivity index (χ1) is 14.0. The van der Waals surface area contributed by atoms with E-state index in [9.17, 15) is 9.59 Å². The number of hydrogen-bond donors (Lipinski definition) is 1. The fraction of sp³-hybridized carbons (Fsp3) is 0.391. The molecule has 0 aromatic heterocycles. The number of likely N-dealkylation sites (N-methyl/N-ethyl adjacent to an activating group) is 1. The molecule has 0 radical (unpaired) electrons. The zero-order valence-electron chi connectivity index (χ0n) is 16.7. The van der Waals surface area contributed by atoms with Crippen LogP contribution in [-0.4, -0.2) is 54.8 Å². The molecular formula is C23H26BrN3O2. The Labute approximate surface area is 180 Å². The van der Waals surface area contributed by atoms with Crippen molar-refractivity contribution in [2.75, 3.05) is 33.2 Å². The van der Waals surface area contributed by atoms with Crippen LogP contribution in [0.15, 0.2) is 53.0 Å². The largest absolute Gasteiger partial charge is 0.351 e. The minimum absolute atomic E-state index is 0.0770. The van der Waals surface area contributed by atoms with E-state index in [0.717, 1.165) is 54.6 Å². The molecule has 29 heavy (non-hydrogen) atoms. The minimum Gasteiger partial charge on any atom is -0.351 e. The molecule has 5 nitrogen and oxygen atoms in total. The number of carbonyl (C=O) groups is 2. The molecule has 2 aliphatic rings. The Morgan fingerprint density at radius 1 is 1.03 bits per heavy atom. The lowest BCUT2D eigenvalue weighted by Crippen LogP contribution is -2.47. The standard InChI is InChI=1S/C23H26BrN3O2/c1-26-11-13-27(14-12-26)21(28)18-7-5-17(6-8-18)16-25-22(29)23(9-10-23)19-3-2-4-20(24)15-19/h2-8,15H,9-14,16H2,1H3,(H,25,29). The van der Waals surface area contributed by atoms with E-state index in [1.54, 1.807) is 0 Å². The molecule has 2 fully saturated rings. The molecule has 1 saturated heterocycles. The Morgan fingerprint density at radius 3 is 2.34 bits per heavy atom. The molecule has 2 amide bonds. The van der Waals surface area contributed by atoms with Crippen molar-refractivity contribution in [1.82, 2.24) is 15.1 Å². The maximum atomic E-state index is 12.8. The third-order valence-electron chi connectivity index (χ3n) is 6.01. The van der Waals surface area contributed by atoms with Gasteiger partial charge in [0.2, 0.25) is 5.91 Å². The van der Waals surface area contributed by atoms with Gasteiger partial charge in [-0.05, 0) is 55.3 Å². The lowest BCUT2D eigenvalue weighted by atomic mass is 9.95. The van der Waals surface area contributed by atoms with Crippen LogP contribution in [0.25, 0.3) is 0 Å². The number of hydrogen-bond acceptors (Lipinski definition) is 3. The van der Waals surface area contributed by atoms with Crippen LogP contribution in [0.5, 0.6) is 0 Å². The average molecular weight is 456 g/mol. The number of carbonyl (C=O) groups excluding carboxylic acids is 2. The van der Waals surface area contributed by atoms with E-state index in [4.69, 9.17) is 0 Å². The van der Waals surface area contributed by atoms with Crippen molar-refractivity contribution in [2.45, 2.75) is 24.8 Å². The summed E-state index contributed by atoms with van der Waals surface area (Å²) in [6, 6.07) is 15.6. The van der Waals surface area contributed by atoms with Crippen LogP contribution in [-0.2, 0) is 16.8 Å². The van der Waals surface area contributed by atoms with Gasteiger partial charge in [-0.2, -0.15) is 0 Å². The molecule has 1 saturated carbocycles. The zero-order chi connectivity index (χ0) is 20.4. The highest BCUT2D eigenvalue weighted by Gasteiger charge is 2.51. The summed E-state index contributed by atoms with van der Waals surface area (Å²) in [6.07, 6.45) is 1.77. The topological polar surface area (TPSA) is 52.6 Å². The summed E-state index contributed by atoms with van der Waals surface area (Å²) in [5.41, 5.74) is 2.38. The van der Waals surface area contributed by atoms with Gasteiger partial charge in [-0.15, -0.1) is 0 Å². The van der Waals surface area contributed by atoms with E-state index >= 15 is 0 Å². The summed E-state index contributed by atoms with van der Waals surface area (Å²) in [5.74, 6) is 0.161. The van der Waals surface area contributed by atoms with Gasteiger partial charge in [-0.3, -0.25) is 9.59 Å². The van der Waals surface area contributed by atoms with Crippen molar-refractivity contribution >= 4 is 27.7 Å². The van der Waals surface area contributed by atoms with Crippen molar-refractivity contribution < 1.29 is 9.59 Å². The molecule has 1 heterocycles. The molecule has 2 aromatic carbocycles. The fourth-order valence-electron chi connectivity index (χ4n) is 3.87. The fourth-order valence-corrected chi connectivity index (χ4v) is 4.27. The van der Waals surface area contributed by atoms with Crippen molar-refractivity contribution in [3.05, 3.63) is 69.7 Å². The van der Waals surface area contributed by atoms with Gasteiger partial charge < -0.3 is 15.1 Å². The number of nitrogens with zero attached hydrogens (tertiary/aromatic N) is 2. The Hall–Kier alpha value is -2.18. The second-order valence-electron chi connectivity index (χ2n) is 8.07. The number of piperazine rings is 1. The van der Waals surface area contributed by atoms with Gasteiger partial charge in [0, 0.05) is 42.8 Å². The summed E-state index contributed by atoms with van der Waals surface area (Å²) in [7, 11) is 2.08. The summed E-state index contributed by atoms with van der Waals surface area (Å²) in [5, 5.41) is 3.08. The van der Waals surface area contributed by atoms with Crippen molar-refractivity contribution in [2.24, 2.45) is 0 Å². The summed E-state index contributed by atoms with van der Waals surface area (Å²) in [4.78, 5) is 29.6. The van der Waals surface area contributed by atoms with E-state index in [1.807, 2.05) is 53.4 Å². The molecule has 0 unspecified atom stereocenters. The van der Waals surface area contributed by atoms with Gasteiger partial charge >= 0.3 is 0 Å². The smallest absolute Gasteiger partial charge is 0.253 e. The first kappa shape index (κ1) is 20.1. The molecule has 6 heteroatoms. The van der Waals surface area contributed by atoms with Crippen molar-refractivity contribution in [3.63, 3.8) is 0 Å². The molecule has 0 spiro atoms. The third kappa shape index (κ3) is 4.38. The highest BCUT2D eigenvalue weighted by molar-refractivity contribution is 9.10. The highest BCUT2D eigenvalue weighted by atomic mass is 79.9. The monoisotopic (exact) mass is 455 g/mol. The van der Waals surface area contributed by atoms with Gasteiger partial charge in [-0.25, -0.2) is 0 Å². The maximum absolute atomic E-state index is 12.8. The molecule has 0 atom stereocenters. The molecule has 1 N–H and O–H groups in total. The quantitative estimate of drug-likeness (QED) is 0.752. The van der Waals surface area contributed by atoms with Crippen LogP contribution in [0, 0.1) is 0 Å². The van der Waals surface area contributed by atoms with E-state index in [1.165, 1.54) is 0 Å².